The number of nitrogens with one attached hydrogen (secondary N) is 1. The number of imide groups is 1. The van der Waals surface area contributed by atoms with Gasteiger partial charge < -0.3 is 5.32 Å². The lowest BCUT2D eigenvalue weighted by Crippen LogP contribution is -2.29. The lowest BCUT2D eigenvalue weighted by atomic mass is 10.1. The van der Waals surface area contributed by atoms with Crippen LogP contribution in [0.4, 0.5) is 5.69 Å². The van der Waals surface area contributed by atoms with Crippen molar-refractivity contribution in [1.82, 2.24) is 5.32 Å². The van der Waals surface area contributed by atoms with Gasteiger partial charge in [-0.1, -0.05) is 12.1 Å². The molecule has 1 aliphatic heterocycles. The molecule has 1 aliphatic rings. The second-order valence-corrected chi connectivity index (χ2v) is 5.53. The van der Waals surface area contributed by atoms with E-state index in [-0.39, 0.29) is 24.3 Å². The molecule has 24 heavy (non-hydrogen) atoms. The largest absolute Gasteiger partial charge is 0.354 e. The molecule has 0 fully saturated rings. The highest BCUT2D eigenvalue weighted by Crippen LogP contribution is 2.20. The first-order valence-corrected chi connectivity index (χ1v) is 8.21. The van der Waals surface area contributed by atoms with Crippen molar-refractivity contribution in [3.63, 3.8) is 0 Å². The zero-order valence-corrected chi connectivity index (χ0v) is 13.8. The molecule has 1 heterocycles. The van der Waals surface area contributed by atoms with E-state index < -0.39 is 8.69 Å². The van der Waals surface area contributed by atoms with Crippen LogP contribution in [-0.2, 0) is 29.9 Å². The zero-order chi connectivity index (χ0) is 17.4. The molecule has 0 saturated heterocycles. The summed E-state index contributed by atoms with van der Waals surface area (Å²) in [5.41, 5.74) is 1.56. The van der Waals surface area contributed by atoms with Crippen molar-refractivity contribution < 1.29 is 23.5 Å². The first-order valence-electron chi connectivity index (χ1n) is 7.48. The Balaban J connectivity index is 1.74. The molecule has 2 rings (SSSR count). The molecular formula is C16H17N2O5P. The third-order valence-electron chi connectivity index (χ3n) is 3.44. The van der Waals surface area contributed by atoms with Gasteiger partial charge in [0.05, 0.1) is 12.3 Å². The standard InChI is InChI=1S/C16H17N2O5P/c19-14(17-10-11-23-24-22)3-1-2-12-4-6-13(7-5-12)18-15(20)8-9-16(18)21/h4-9H,1-3,10-11H2,(H,17,19). The molecule has 0 saturated carbocycles. The van der Waals surface area contributed by atoms with E-state index in [0.29, 0.717) is 31.5 Å². The van der Waals surface area contributed by atoms with E-state index in [2.05, 4.69) is 9.84 Å². The van der Waals surface area contributed by atoms with Gasteiger partial charge in [-0.15, -0.1) is 0 Å². The average molecular weight is 348 g/mol. The Kier molecular flexibility index (Phi) is 6.78. The molecule has 0 radical (unpaired) electrons. The van der Waals surface area contributed by atoms with E-state index in [9.17, 15) is 18.9 Å². The number of carbonyl (C=O) groups excluding carboxylic acids is 3. The van der Waals surface area contributed by atoms with Crippen LogP contribution in [0.2, 0.25) is 0 Å². The summed E-state index contributed by atoms with van der Waals surface area (Å²) in [6, 6.07) is 7.12. The van der Waals surface area contributed by atoms with Gasteiger partial charge in [0.2, 0.25) is 5.91 Å². The van der Waals surface area contributed by atoms with Crippen LogP contribution in [-0.4, -0.2) is 30.9 Å². The molecule has 0 atom stereocenters. The van der Waals surface area contributed by atoms with Crippen LogP contribution < -0.4 is 10.2 Å². The molecule has 1 aromatic carbocycles. The second-order valence-electron chi connectivity index (χ2n) is 5.12. The molecule has 0 bridgehead atoms. The highest BCUT2D eigenvalue weighted by Gasteiger charge is 2.24. The molecule has 126 valence electrons. The first-order chi connectivity index (χ1) is 11.6. The summed E-state index contributed by atoms with van der Waals surface area (Å²) < 4.78 is 14.6. The number of amides is 3. The highest BCUT2D eigenvalue weighted by molar-refractivity contribution is 7.17. The third kappa shape index (κ3) is 5.08. The number of hydrogen-bond acceptors (Lipinski definition) is 5. The van der Waals surface area contributed by atoms with Crippen molar-refractivity contribution in [2.45, 2.75) is 19.3 Å². The predicted molar refractivity (Wildman–Crippen MR) is 87.6 cm³/mol. The SMILES string of the molecule is O=POCCNC(=O)CCCc1ccc(N2C(=O)C=CC2=O)cc1. The van der Waals surface area contributed by atoms with Gasteiger partial charge in [-0.25, -0.2) is 9.46 Å². The van der Waals surface area contributed by atoms with Gasteiger partial charge in [0.15, 0.2) is 0 Å². The van der Waals surface area contributed by atoms with Gasteiger partial charge in [0.1, 0.15) is 0 Å². The number of hydrogen-bond donors (Lipinski definition) is 1. The van der Waals surface area contributed by atoms with Crippen molar-refractivity contribution in [3.05, 3.63) is 42.0 Å². The molecule has 1 aromatic rings. The molecule has 8 heteroatoms. The molecule has 0 spiro atoms. The Hall–Kier alpha value is -2.37. The predicted octanol–water partition coefficient (Wildman–Crippen LogP) is 1.78. The van der Waals surface area contributed by atoms with Crippen molar-refractivity contribution in [2.75, 3.05) is 18.1 Å². The van der Waals surface area contributed by atoms with E-state index in [0.717, 1.165) is 10.5 Å². The van der Waals surface area contributed by atoms with Crippen molar-refractivity contribution >= 4 is 32.1 Å². The first kappa shape index (κ1) is 18.0. The van der Waals surface area contributed by atoms with E-state index >= 15 is 0 Å². The van der Waals surface area contributed by atoms with Crippen LogP contribution in [0, 0.1) is 0 Å². The summed E-state index contributed by atoms with van der Waals surface area (Å²) in [4.78, 5) is 35.9. The maximum Gasteiger partial charge on any atom is 0.327 e. The maximum absolute atomic E-state index is 11.6. The molecular weight excluding hydrogens is 331 g/mol. The van der Waals surface area contributed by atoms with Gasteiger partial charge >= 0.3 is 8.69 Å². The van der Waals surface area contributed by atoms with Crippen molar-refractivity contribution in [1.29, 1.82) is 0 Å². The van der Waals surface area contributed by atoms with Crippen LogP contribution in [0.5, 0.6) is 0 Å². The van der Waals surface area contributed by atoms with E-state index in [4.69, 9.17) is 0 Å². The lowest BCUT2D eigenvalue weighted by molar-refractivity contribution is -0.121. The van der Waals surface area contributed by atoms with Gasteiger partial charge in [-0.3, -0.25) is 18.9 Å². The van der Waals surface area contributed by atoms with Crippen molar-refractivity contribution in [2.24, 2.45) is 0 Å². The van der Waals surface area contributed by atoms with Crippen LogP contribution in [0.15, 0.2) is 36.4 Å². The van der Waals surface area contributed by atoms with E-state index in [1.165, 1.54) is 12.2 Å². The summed E-state index contributed by atoms with van der Waals surface area (Å²) in [5.74, 6) is -0.771. The summed E-state index contributed by atoms with van der Waals surface area (Å²) >= 11 is 0. The quantitative estimate of drug-likeness (QED) is 0.417. The number of nitrogens with zero attached hydrogens (tertiary/aromatic N) is 1. The Morgan fingerprint density at radius 1 is 1.12 bits per heavy atom. The number of carbonyl (C=O) groups is 3. The summed E-state index contributed by atoms with van der Waals surface area (Å²) in [7, 11) is -0.391. The minimum Gasteiger partial charge on any atom is -0.354 e. The lowest BCUT2D eigenvalue weighted by Gasteiger charge is -2.14. The maximum atomic E-state index is 11.6. The second kappa shape index (κ2) is 9.05. The fourth-order valence-corrected chi connectivity index (χ4v) is 2.45. The molecule has 0 unspecified atom stereocenters. The average Bonchev–Trinajstić information content (AvgIpc) is 2.91. The summed E-state index contributed by atoms with van der Waals surface area (Å²) in [6.45, 7) is 0.537. The van der Waals surface area contributed by atoms with Gasteiger partial charge in [0.25, 0.3) is 11.8 Å². The number of aryl methyl sites for hydroxylation is 1. The van der Waals surface area contributed by atoms with E-state index in [1.807, 2.05) is 12.1 Å². The molecule has 0 aromatic heterocycles. The Bertz CT molecular complexity index is 639. The number of anilines is 1. The van der Waals surface area contributed by atoms with E-state index in [1.54, 1.807) is 12.1 Å². The fourth-order valence-electron chi connectivity index (χ4n) is 2.28. The number of benzene rings is 1. The Morgan fingerprint density at radius 3 is 2.42 bits per heavy atom. The fraction of sp³-hybridized carbons (Fsp3) is 0.312. The van der Waals surface area contributed by atoms with Gasteiger partial charge in [-0.2, -0.15) is 0 Å². The van der Waals surface area contributed by atoms with Crippen molar-refractivity contribution in [3.8, 4) is 0 Å². The third-order valence-corrected chi connectivity index (χ3v) is 3.73. The molecule has 3 amide bonds. The summed E-state index contributed by atoms with van der Waals surface area (Å²) in [6.07, 6.45) is 4.26. The monoisotopic (exact) mass is 348 g/mol. The molecule has 0 aliphatic carbocycles. The van der Waals surface area contributed by atoms with Crippen LogP contribution in [0.3, 0.4) is 0 Å². The highest BCUT2D eigenvalue weighted by atomic mass is 31.1. The Labute approximate surface area is 140 Å². The normalized spacial score (nSPS) is 13.8. The molecule has 7 nitrogen and oxygen atoms in total. The van der Waals surface area contributed by atoms with Crippen LogP contribution in [0.1, 0.15) is 18.4 Å². The Morgan fingerprint density at radius 2 is 1.79 bits per heavy atom. The number of rotatable bonds is 9. The van der Waals surface area contributed by atoms with Crippen LogP contribution in [0.25, 0.3) is 0 Å². The topological polar surface area (TPSA) is 92.8 Å². The van der Waals surface area contributed by atoms with Gasteiger partial charge in [0, 0.05) is 25.1 Å². The minimum absolute atomic E-state index is 0.0860. The zero-order valence-electron chi connectivity index (χ0n) is 12.9. The van der Waals surface area contributed by atoms with Crippen LogP contribution >= 0.6 is 8.69 Å². The summed E-state index contributed by atoms with van der Waals surface area (Å²) in [5, 5.41) is 2.66. The van der Waals surface area contributed by atoms with Gasteiger partial charge in [-0.05, 0) is 30.5 Å². The minimum atomic E-state index is -0.391. The smallest absolute Gasteiger partial charge is 0.327 e. The molecule has 1 N–H and O–H groups in total.